The van der Waals surface area contributed by atoms with Gasteiger partial charge in [-0.25, -0.2) is 4.79 Å². The summed E-state index contributed by atoms with van der Waals surface area (Å²) in [6.07, 6.45) is 7.17. The fourth-order valence-corrected chi connectivity index (χ4v) is 3.77. The number of rotatable bonds is 3. The second-order valence-corrected chi connectivity index (χ2v) is 6.99. The van der Waals surface area contributed by atoms with E-state index in [1.165, 1.54) is 25.8 Å². The van der Waals surface area contributed by atoms with Crippen LogP contribution in [0.25, 0.3) is 5.69 Å². The van der Waals surface area contributed by atoms with Gasteiger partial charge in [-0.15, -0.1) is 10.2 Å². The molecule has 2 aliphatic rings. The normalized spacial score (nSPS) is 21.8. The summed E-state index contributed by atoms with van der Waals surface area (Å²) in [6, 6.07) is 8.83. The lowest BCUT2D eigenvalue weighted by Gasteiger charge is -2.49. The van der Waals surface area contributed by atoms with Gasteiger partial charge in [0.15, 0.2) is 0 Å². The second-order valence-electron chi connectivity index (χ2n) is 6.99. The number of anilines is 1. The molecule has 1 aromatic carbocycles. The maximum absolute atomic E-state index is 12.5. The maximum Gasteiger partial charge on any atom is 0.321 e. The number of aromatic nitrogens is 3. The van der Waals surface area contributed by atoms with Crippen LogP contribution >= 0.6 is 0 Å². The molecule has 2 saturated heterocycles. The minimum Gasteiger partial charge on any atom is -0.321 e. The molecule has 2 aromatic rings. The highest BCUT2D eigenvalue weighted by molar-refractivity contribution is 5.90. The molecule has 4 rings (SSSR count). The van der Waals surface area contributed by atoms with Crippen LogP contribution in [0, 0.1) is 0 Å². The third-order valence-electron chi connectivity index (χ3n) is 5.29. The van der Waals surface area contributed by atoms with E-state index in [0.29, 0.717) is 12.1 Å². The Bertz CT molecular complexity index is 725. The monoisotopic (exact) mass is 340 g/mol. The van der Waals surface area contributed by atoms with Gasteiger partial charge >= 0.3 is 6.03 Å². The molecular formula is C18H24N6O. The average molecular weight is 340 g/mol. The van der Waals surface area contributed by atoms with Gasteiger partial charge in [-0.3, -0.25) is 9.47 Å². The number of hydrogen-bond donors (Lipinski definition) is 1. The van der Waals surface area contributed by atoms with Gasteiger partial charge in [-0.05, 0) is 44.5 Å². The molecule has 25 heavy (non-hydrogen) atoms. The highest BCUT2D eigenvalue weighted by atomic mass is 16.2. The SMILES string of the molecule is CC1CCCCN1C1CN(C(=O)Nc2cccc(-n3cnnc3)c2)C1. The lowest BCUT2D eigenvalue weighted by atomic mass is 9.98. The largest absolute Gasteiger partial charge is 0.321 e. The topological polar surface area (TPSA) is 66.3 Å². The van der Waals surface area contributed by atoms with Crippen LogP contribution < -0.4 is 5.32 Å². The number of piperidine rings is 1. The Labute approximate surface area is 147 Å². The van der Waals surface area contributed by atoms with Crippen LogP contribution in [0.2, 0.25) is 0 Å². The van der Waals surface area contributed by atoms with E-state index < -0.39 is 0 Å². The standard InChI is InChI=1S/C18H24N6O/c1-14-5-2-3-8-24(14)17-10-22(11-17)18(25)21-15-6-4-7-16(9-15)23-12-19-20-13-23/h4,6-7,9,12-14,17H,2-3,5,8,10-11H2,1H3,(H,21,25). The van der Waals surface area contributed by atoms with Crippen molar-refractivity contribution in [2.75, 3.05) is 25.0 Å². The van der Waals surface area contributed by atoms with Crippen molar-refractivity contribution in [2.24, 2.45) is 0 Å². The van der Waals surface area contributed by atoms with Gasteiger partial charge in [0, 0.05) is 30.9 Å². The molecule has 7 nitrogen and oxygen atoms in total. The molecule has 2 fully saturated rings. The van der Waals surface area contributed by atoms with E-state index >= 15 is 0 Å². The third kappa shape index (κ3) is 3.37. The van der Waals surface area contributed by atoms with Crippen LogP contribution in [-0.4, -0.2) is 62.3 Å². The van der Waals surface area contributed by atoms with Gasteiger partial charge in [0.2, 0.25) is 0 Å². The Morgan fingerprint density at radius 1 is 1.20 bits per heavy atom. The molecule has 0 saturated carbocycles. The van der Waals surface area contributed by atoms with E-state index in [1.54, 1.807) is 12.7 Å². The number of likely N-dealkylation sites (tertiary alicyclic amines) is 2. The highest BCUT2D eigenvalue weighted by Crippen LogP contribution is 2.25. The van der Waals surface area contributed by atoms with Crippen molar-refractivity contribution in [3.05, 3.63) is 36.9 Å². The van der Waals surface area contributed by atoms with Gasteiger partial charge < -0.3 is 10.2 Å². The van der Waals surface area contributed by atoms with E-state index in [-0.39, 0.29) is 6.03 Å². The van der Waals surface area contributed by atoms with Gasteiger partial charge in [0.25, 0.3) is 0 Å². The average Bonchev–Trinajstić information content (AvgIpc) is 3.10. The van der Waals surface area contributed by atoms with Crippen LogP contribution in [0.3, 0.4) is 0 Å². The fraction of sp³-hybridized carbons (Fsp3) is 0.500. The highest BCUT2D eigenvalue weighted by Gasteiger charge is 2.37. The van der Waals surface area contributed by atoms with Gasteiger partial charge in [0.1, 0.15) is 12.7 Å². The predicted molar refractivity (Wildman–Crippen MR) is 95.8 cm³/mol. The van der Waals surface area contributed by atoms with Crippen LogP contribution in [0.1, 0.15) is 26.2 Å². The zero-order valence-electron chi connectivity index (χ0n) is 14.5. The fourth-order valence-electron chi connectivity index (χ4n) is 3.77. The molecule has 0 aliphatic carbocycles. The lowest BCUT2D eigenvalue weighted by molar-refractivity contribution is 0.0199. The number of nitrogens with one attached hydrogen (secondary N) is 1. The molecule has 2 amide bonds. The summed E-state index contributed by atoms with van der Waals surface area (Å²) in [5, 5.41) is 10.6. The first kappa shape index (κ1) is 16.1. The van der Waals surface area contributed by atoms with Crippen LogP contribution in [-0.2, 0) is 0 Å². The number of hydrogen-bond acceptors (Lipinski definition) is 4. The Kier molecular flexibility index (Phi) is 4.40. The summed E-state index contributed by atoms with van der Waals surface area (Å²) >= 11 is 0. The molecule has 3 heterocycles. The molecule has 2 aliphatic heterocycles. The number of nitrogens with zero attached hydrogens (tertiary/aromatic N) is 5. The molecular weight excluding hydrogens is 316 g/mol. The van der Waals surface area contributed by atoms with E-state index in [2.05, 4.69) is 27.3 Å². The Morgan fingerprint density at radius 2 is 2.00 bits per heavy atom. The smallest absolute Gasteiger partial charge is 0.321 e. The summed E-state index contributed by atoms with van der Waals surface area (Å²) in [5.41, 5.74) is 1.71. The molecule has 0 radical (unpaired) electrons. The van der Waals surface area contributed by atoms with E-state index in [1.807, 2.05) is 33.7 Å². The van der Waals surface area contributed by atoms with Crippen molar-refractivity contribution in [1.82, 2.24) is 24.6 Å². The zero-order chi connectivity index (χ0) is 17.2. The first-order chi connectivity index (χ1) is 12.2. The first-order valence-electron chi connectivity index (χ1n) is 8.97. The van der Waals surface area contributed by atoms with E-state index in [4.69, 9.17) is 0 Å². The summed E-state index contributed by atoms with van der Waals surface area (Å²) in [6.45, 7) is 5.11. The Hall–Kier alpha value is -2.41. The van der Waals surface area contributed by atoms with E-state index in [9.17, 15) is 4.79 Å². The van der Waals surface area contributed by atoms with Gasteiger partial charge in [-0.1, -0.05) is 12.5 Å². The summed E-state index contributed by atoms with van der Waals surface area (Å²) in [7, 11) is 0. The number of carbonyl (C=O) groups is 1. The first-order valence-corrected chi connectivity index (χ1v) is 8.97. The Balaban J connectivity index is 1.34. The van der Waals surface area contributed by atoms with Crippen molar-refractivity contribution < 1.29 is 4.79 Å². The van der Waals surface area contributed by atoms with Crippen LogP contribution in [0.15, 0.2) is 36.9 Å². The molecule has 1 unspecified atom stereocenters. The summed E-state index contributed by atoms with van der Waals surface area (Å²) in [5.74, 6) is 0. The molecule has 1 N–H and O–H groups in total. The quantitative estimate of drug-likeness (QED) is 0.931. The molecule has 0 bridgehead atoms. The van der Waals surface area contributed by atoms with Crippen molar-refractivity contribution in [3.63, 3.8) is 0 Å². The Morgan fingerprint density at radius 3 is 2.76 bits per heavy atom. The van der Waals surface area contributed by atoms with Gasteiger partial charge in [-0.2, -0.15) is 0 Å². The predicted octanol–water partition coefficient (Wildman–Crippen LogP) is 2.36. The molecule has 7 heteroatoms. The van der Waals surface area contributed by atoms with Gasteiger partial charge in [0.05, 0.1) is 5.69 Å². The van der Waals surface area contributed by atoms with Crippen molar-refractivity contribution in [2.45, 2.75) is 38.3 Å². The van der Waals surface area contributed by atoms with Crippen LogP contribution in [0.5, 0.6) is 0 Å². The minimum absolute atomic E-state index is 0.0261. The van der Waals surface area contributed by atoms with Crippen LogP contribution in [0.4, 0.5) is 10.5 Å². The number of benzene rings is 1. The maximum atomic E-state index is 12.5. The number of urea groups is 1. The minimum atomic E-state index is -0.0261. The van der Waals surface area contributed by atoms with E-state index in [0.717, 1.165) is 24.5 Å². The third-order valence-corrected chi connectivity index (χ3v) is 5.29. The molecule has 0 spiro atoms. The van der Waals surface area contributed by atoms with Crippen molar-refractivity contribution in [3.8, 4) is 5.69 Å². The second kappa shape index (κ2) is 6.84. The number of carbonyl (C=O) groups excluding carboxylic acids is 1. The van der Waals surface area contributed by atoms with Crippen molar-refractivity contribution in [1.29, 1.82) is 0 Å². The molecule has 1 aromatic heterocycles. The lowest BCUT2D eigenvalue weighted by Crippen LogP contribution is -2.64. The summed E-state index contributed by atoms with van der Waals surface area (Å²) in [4.78, 5) is 16.9. The molecule has 1 atom stereocenters. The number of amides is 2. The van der Waals surface area contributed by atoms with Crippen molar-refractivity contribution >= 4 is 11.7 Å². The summed E-state index contributed by atoms with van der Waals surface area (Å²) < 4.78 is 1.81. The molecule has 132 valence electrons. The zero-order valence-corrected chi connectivity index (χ0v) is 14.5.